The van der Waals surface area contributed by atoms with Gasteiger partial charge in [-0.3, -0.25) is 0 Å². The van der Waals surface area contributed by atoms with Gasteiger partial charge in [0.2, 0.25) is 0 Å². The van der Waals surface area contributed by atoms with Gasteiger partial charge in [0.15, 0.2) is 0 Å². The first-order valence-corrected chi connectivity index (χ1v) is 6.54. The number of carbonyl (C=O) groups excluding carboxylic acids is 2. The molecule has 2 bridgehead atoms. The molecule has 2 heterocycles. The normalized spacial score (nSPS) is 33.7. The van der Waals surface area contributed by atoms with Crippen molar-refractivity contribution in [2.24, 2.45) is 11.8 Å². The number of rotatable bonds is 5. The third kappa shape index (κ3) is 2.83. The highest BCUT2D eigenvalue weighted by molar-refractivity contribution is 5.60. The zero-order valence-electron chi connectivity index (χ0n) is 10.8. The first-order valence-electron chi connectivity index (χ1n) is 6.54. The molecule has 0 aromatic rings. The van der Waals surface area contributed by atoms with Gasteiger partial charge in [0.05, 0.1) is 18.3 Å². The standard InChI is InChI=1S/C13H20O5/c1-8(2)17-13(15)16-7-10-9(5-6-14)11-3-4-12(10)18-11/h6,8-12H,3-5,7H2,1-2H3/t9-,10+,11-,12-/m1/s1. The number of ether oxygens (including phenoxy) is 3. The van der Waals surface area contributed by atoms with E-state index in [9.17, 15) is 9.59 Å². The van der Waals surface area contributed by atoms with Crippen LogP contribution in [0.2, 0.25) is 0 Å². The molecule has 0 amide bonds. The van der Waals surface area contributed by atoms with Crippen molar-refractivity contribution in [3.63, 3.8) is 0 Å². The summed E-state index contributed by atoms with van der Waals surface area (Å²) < 4.78 is 15.8. The summed E-state index contributed by atoms with van der Waals surface area (Å²) in [4.78, 5) is 22.0. The maximum absolute atomic E-state index is 11.3. The Bertz CT molecular complexity index is 315. The molecule has 2 aliphatic rings. The van der Waals surface area contributed by atoms with Gasteiger partial charge < -0.3 is 19.0 Å². The molecule has 2 rings (SSSR count). The summed E-state index contributed by atoms with van der Waals surface area (Å²) in [7, 11) is 0. The molecule has 5 heteroatoms. The van der Waals surface area contributed by atoms with Crippen LogP contribution < -0.4 is 0 Å². The summed E-state index contributed by atoms with van der Waals surface area (Å²) >= 11 is 0. The number of hydrogen-bond acceptors (Lipinski definition) is 5. The molecule has 2 fully saturated rings. The van der Waals surface area contributed by atoms with Crippen LogP contribution in [-0.2, 0) is 19.0 Å². The zero-order valence-corrected chi connectivity index (χ0v) is 10.8. The van der Waals surface area contributed by atoms with Gasteiger partial charge in [0, 0.05) is 18.3 Å². The van der Waals surface area contributed by atoms with E-state index in [4.69, 9.17) is 14.2 Å². The Morgan fingerprint density at radius 1 is 1.33 bits per heavy atom. The fraction of sp³-hybridized carbons (Fsp3) is 0.846. The van der Waals surface area contributed by atoms with Gasteiger partial charge in [-0.25, -0.2) is 4.79 Å². The van der Waals surface area contributed by atoms with Gasteiger partial charge in [-0.15, -0.1) is 0 Å². The lowest BCUT2D eigenvalue weighted by molar-refractivity contribution is -0.109. The number of fused-ring (bicyclic) bond motifs is 2. The zero-order chi connectivity index (χ0) is 13.1. The second kappa shape index (κ2) is 5.69. The molecular formula is C13H20O5. The lowest BCUT2D eigenvalue weighted by Crippen LogP contribution is -2.32. The van der Waals surface area contributed by atoms with E-state index in [1.165, 1.54) is 0 Å². The van der Waals surface area contributed by atoms with Crippen molar-refractivity contribution in [2.75, 3.05) is 6.61 Å². The Morgan fingerprint density at radius 2 is 2.00 bits per heavy atom. The quantitative estimate of drug-likeness (QED) is 0.555. The molecule has 0 saturated carbocycles. The lowest BCUT2D eigenvalue weighted by Gasteiger charge is -2.25. The lowest BCUT2D eigenvalue weighted by atomic mass is 9.78. The van der Waals surface area contributed by atoms with Crippen molar-refractivity contribution < 1.29 is 23.8 Å². The SMILES string of the molecule is CC(C)OC(=O)OC[C@H]1[C@@H](CC=O)[C@H]2CC[C@H]1O2. The van der Waals surface area contributed by atoms with E-state index in [0.29, 0.717) is 6.42 Å². The summed E-state index contributed by atoms with van der Waals surface area (Å²) in [6, 6.07) is 0. The molecule has 0 aliphatic carbocycles. The van der Waals surface area contributed by atoms with Crippen molar-refractivity contribution >= 4 is 12.4 Å². The molecule has 0 aromatic carbocycles. The van der Waals surface area contributed by atoms with E-state index in [1.807, 2.05) is 0 Å². The van der Waals surface area contributed by atoms with Crippen molar-refractivity contribution in [2.45, 2.75) is 51.4 Å². The first kappa shape index (κ1) is 13.3. The predicted molar refractivity (Wildman–Crippen MR) is 63.1 cm³/mol. The van der Waals surface area contributed by atoms with E-state index in [1.54, 1.807) is 13.8 Å². The second-order valence-electron chi connectivity index (χ2n) is 5.25. The Morgan fingerprint density at radius 3 is 2.61 bits per heavy atom. The van der Waals surface area contributed by atoms with Gasteiger partial charge in [-0.05, 0) is 26.7 Å². The molecule has 0 unspecified atom stereocenters. The third-order valence-corrected chi connectivity index (χ3v) is 3.68. The minimum absolute atomic E-state index is 0.131. The third-order valence-electron chi connectivity index (χ3n) is 3.68. The second-order valence-corrected chi connectivity index (χ2v) is 5.25. The van der Waals surface area contributed by atoms with Gasteiger partial charge in [0.1, 0.15) is 12.9 Å². The minimum atomic E-state index is -0.641. The molecule has 5 nitrogen and oxygen atoms in total. The fourth-order valence-electron chi connectivity index (χ4n) is 2.93. The fourth-order valence-corrected chi connectivity index (χ4v) is 2.93. The molecule has 2 aliphatic heterocycles. The minimum Gasteiger partial charge on any atom is -0.434 e. The van der Waals surface area contributed by atoms with E-state index in [2.05, 4.69) is 0 Å². The predicted octanol–water partition coefficient (Wildman–Crippen LogP) is 1.93. The van der Waals surface area contributed by atoms with Crippen LogP contribution in [0.25, 0.3) is 0 Å². The monoisotopic (exact) mass is 256 g/mol. The Hall–Kier alpha value is -1.10. The summed E-state index contributed by atoms with van der Waals surface area (Å²) in [6.07, 6.45) is 2.88. The Kier molecular flexibility index (Phi) is 4.22. The first-order chi connectivity index (χ1) is 8.61. The molecule has 18 heavy (non-hydrogen) atoms. The van der Waals surface area contributed by atoms with Crippen LogP contribution in [0.15, 0.2) is 0 Å². The van der Waals surface area contributed by atoms with Gasteiger partial charge in [-0.1, -0.05) is 0 Å². The van der Waals surface area contributed by atoms with Crippen LogP contribution in [0.1, 0.15) is 33.1 Å². The van der Waals surface area contributed by atoms with Crippen molar-refractivity contribution in [3.05, 3.63) is 0 Å². The highest BCUT2D eigenvalue weighted by Gasteiger charge is 2.48. The molecule has 0 N–H and O–H groups in total. The van der Waals surface area contributed by atoms with Gasteiger partial charge in [0.25, 0.3) is 0 Å². The van der Waals surface area contributed by atoms with Crippen LogP contribution in [0.3, 0.4) is 0 Å². The Labute approximate surface area is 107 Å². The van der Waals surface area contributed by atoms with Gasteiger partial charge >= 0.3 is 6.16 Å². The van der Waals surface area contributed by atoms with Crippen LogP contribution in [0.4, 0.5) is 4.79 Å². The van der Waals surface area contributed by atoms with Crippen molar-refractivity contribution in [1.82, 2.24) is 0 Å². The van der Waals surface area contributed by atoms with Crippen molar-refractivity contribution in [3.8, 4) is 0 Å². The molecule has 0 radical (unpaired) electrons. The summed E-state index contributed by atoms with van der Waals surface area (Å²) in [5, 5.41) is 0. The number of carbonyl (C=O) groups is 2. The van der Waals surface area contributed by atoms with E-state index in [0.717, 1.165) is 19.1 Å². The Balaban J connectivity index is 1.84. The number of aldehydes is 1. The molecule has 2 saturated heterocycles. The van der Waals surface area contributed by atoms with Crippen LogP contribution in [0, 0.1) is 11.8 Å². The largest absolute Gasteiger partial charge is 0.508 e. The van der Waals surface area contributed by atoms with Crippen LogP contribution in [0.5, 0.6) is 0 Å². The van der Waals surface area contributed by atoms with Crippen LogP contribution in [-0.4, -0.2) is 37.4 Å². The topological polar surface area (TPSA) is 61.8 Å². The average molecular weight is 256 g/mol. The molecule has 0 aromatic heterocycles. The number of hydrogen-bond donors (Lipinski definition) is 0. The molecular weight excluding hydrogens is 236 g/mol. The smallest absolute Gasteiger partial charge is 0.434 e. The highest BCUT2D eigenvalue weighted by atomic mass is 16.7. The highest BCUT2D eigenvalue weighted by Crippen LogP contribution is 2.44. The average Bonchev–Trinajstić information content (AvgIpc) is 2.87. The summed E-state index contributed by atoms with van der Waals surface area (Å²) in [5.74, 6) is 0.321. The molecule has 4 atom stereocenters. The summed E-state index contributed by atoms with van der Waals surface area (Å²) in [6.45, 7) is 3.83. The van der Waals surface area contributed by atoms with Crippen molar-refractivity contribution in [1.29, 1.82) is 0 Å². The van der Waals surface area contributed by atoms with E-state index >= 15 is 0 Å². The summed E-state index contributed by atoms with van der Waals surface area (Å²) in [5.41, 5.74) is 0. The maximum Gasteiger partial charge on any atom is 0.508 e. The van der Waals surface area contributed by atoms with E-state index in [-0.39, 0.29) is 36.8 Å². The molecule has 102 valence electrons. The van der Waals surface area contributed by atoms with Gasteiger partial charge in [-0.2, -0.15) is 0 Å². The van der Waals surface area contributed by atoms with Crippen LogP contribution >= 0.6 is 0 Å². The molecule has 0 spiro atoms. The maximum atomic E-state index is 11.3. The van der Waals surface area contributed by atoms with E-state index < -0.39 is 6.16 Å².